The van der Waals surface area contributed by atoms with Crippen LogP contribution in [0.15, 0.2) is 24.3 Å². The predicted octanol–water partition coefficient (Wildman–Crippen LogP) is 4.58. The van der Waals surface area contributed by atoms with Crippen LogP contribution in [0.4, 0.5) is 5.69 Å². The third-order valence-electron chi connectivity index (χ3n) is 5.67. The largest absolute Gasteiger partial charge is 0.492 e. The molecule has 0 aromatic heterocycles. The second-order valence-electron chi connectivity index (χ2n) is 8.57. The molecule has 1 amide bonds. The predicted molar refractivity (Wildman–Crippen MR) is 115 cm³/mol. The summed E-state index contributed by atoms with van der Waals surface area (Å²) < 4.78 is 11.4. The van der Waals surface area contributed by atoms with Gasteiger partial charge in [-0.1, -0.05) is 33.6 Å². The fourth-order valence-corrected chi connectivity index (χ4v) is 3.99. The van der Waals surface area contributed by atoms with E-state index in [4.69, 9.17) is 9.47 Å². The van der Waals surface area contributed by atoms with Gasteiger partial charge in [0.25, 0.3) is 5.91 Å². The number of carbonyl (C=O) groups excluding carboxylic acids is 1. The first-order valence-electron chi connectivity index (χ1n) is 10.7. The van der Waals surface area contributed by atoms with Gasteiger partial charge in [-0.05, 0) is 55.9 Å². The quantitative estimate of drug-likeness (QED) is 0.635. The normalized spacial score (nSPS) is 22.5. The fourth-order valence-electron chi connectivity index (χ4n) is 3.99. The number of anilines is 1. The zero-order valence-corrected chi connectivity index (χ0v) is 18.3. The lowest BCUT2D eigenvalue weighted by Gasteiger charge is -2.34. The molecule has 0 aliphatic carbocycles. The number of piperidine rings is 1. The number of likely N-dealkylation sites (tertiary alicyclic amines) is 1. The summed E-state index contributed by atoms with van der Waals surface area (Å²) in [4.78, 5) is 15.1. The minimum absolute atomic E-state index is 0.106. The SMILES string of the molecule is CCCCC(C)(OC)C(=O)Nc1ccc(OCCN2CC(C)CC(C)C2)cc1. The van der Waals surface area contributed by atoms with E-state index < -0.39 is 5.60 Å². The zero-order valence-electron chi connectivity index (χ0n) is 18.3. The third-order valence-corrected chi connectivity index (χ3v) is 5.67. The number of rotatable bonds is 10. The van der Waals surface area contributed by atoms with Gasteiger partial charge in [0.05, 0.1) is 0 Å². The van der Waals surface area contributed by atoms with Crippen LogP contribution < -0.4 is 10.1 Å². The highest BCUT2D eigenvalue weighted by molar-refractivity contribution is 5.97. The molecule has 1 aromatic carbocycles. The summed E-state index contributed by atoms with van der Waals surface area (Å²) in [7, 11) is 1.59. The highest BCUT2D eigenvalue weighted by atomic mass is 16.5. The van der Waals surface area contributed by atoms with Crippen LogP contribution in [0, 0.1) is 11.8 Å². The summed E-state index contributed by atoms with van der Waals surface area (Å²) in [6, 6.07) is 7.59. The molecule has 1 fully saturated rings. The first-order valence-corrected chi connectivity index (χ1v) is 10.7. The maximum atomic E-state index is 12.6. The number of amides is 1. The van der Waals surface area contributed by atoms with Crippen molar-refractivity contribution in [3.63, 3.8) is 0 Å². The van der Waals surface area contributed by atoms with Crippen molar-refractivity contribution in [1.82, 2.24) is 4.90 Å². The van der Waals surface area contributed by atoms with Crippen LogP contribution in [0.2, 0.25) is 0 Å². The van der Waals surface area contributed by atoms with Gasteiger partial charge < -0.3 is 14.8 Å². The first kappa shape index (κ1) is 22.7. The van der Waals surface area contributed by atoms with E-state index in [0.29, 0.717) is 13.0 Å². The molecular formula is C23H38N2O3. The lowest BCUT2D eigenvalue weighted by Crippen LogP contribution is -2.41. The van der Waals surface area contributed by atoms with Gasteiger partial charge in [-0.2, -0.15) is 0 Å². The molecule has 158 valence electrons. The Bertz CT molecular complexity index is 594. The van der Waals surface area contributed by atoms with Gasteiger partial charge in [0.15, 0.2) is 0 Å². The van der Waals surface area contributed by atoms with E-state index in [-0.39, 0.29) is 5.91 Å². The van der Waals surface area contributed by atoms with E-state index in [1.165, 1.54) is 6.42 Å². The van der Waals surface area contributed by atoms with Crippen molar-refractivity contribution in [3.8, 4) is 5.75 Å². The van der Waals surface area contributed by atoms with Gasteiger partial charge in [-0.25, -0.2) is 0 Å². The minimum Gasteiger partial charge on any atom is -0.492 e. The topological polar surface area (TPSA) is 50.8 Å². The Labute approximate surface area is 170 Å². The number of methoxy groups -OCH3 is 1. The zero-order chi connectivity index (χ0) is 20.6. The Morgan fingerprint density at radius 1 is 1.21 bits per heavy atom. The number of nitrogens with zero attached hydrogens (tertiary/aromatic N) is 1. The van der Waals surface area contributed by atoms with Crippen molar-refractivity contribution in [2.45, 2.75) is 59.0 Å². The fraction of sp³-hybridized carbons (Fsp3) is 0.696. The molecule has 3 atom stereocenters. The van der Waals surface area contributed by atoms with Crippen LogP contribution in [0.3, 0.4) is 0 Å². The molecule has 5 nitrogen and oxygen atoms in total. The molecule has 1 N–H and O–H groups in total. The van der Waals surface area contributed by atoms with Crippen molar-refractivity contribution in [1.29, 1.82) is 0 Å². The average Bonchev–Trinajstić information content (AvgIpc) is 2.66. The highest BCUT2D eigenvalue weighted by Gasteiger charge is 2.32. The summed E-state index contributed by atoms with van der Waals surface area (Å²) in [5, 5.41) is 2.96. The van der Waals surface area contributed by atoms with E-state index in [1.807, 2.05) is 31.2 Å². The minimum atomic E-state index is -0.798. The number of benzene rings is 1. The maximum Gasteiger partial charge on any atom is 0.256 e. The number of ether oxygens (including phenoxy) is 2. The van der Waals surface area contributed by atoms with Gasteiger partial charge in [0.1, 0.15) is 18.0 Å². The molecule has 0 saturated carbocycles. The van der Waals surface area contributed by atoms with E-state index >= 15 is 0 Å². The molecule has 5 heteroatoms. The summed E-state index contributed by atoms with van der Waals surface area (Å²) >= 11 is 0. The third kappa shape index (κ3) is 6.78. The van der Waals surface area contributed by atoms with Gasteiger partial charge in [0, 0.05) is 32.4 Å². The molecule has 28 heavy (non-hydrogen) atoms. The van der Waals surface area contributed by atoms with Gasteiger partial charge in [-0.3, -0.25) is 9.69 Å². The lowest BCUT2D eigenvalue weighted by molar-refractivity contribution is -0.136. The molecular weight excluding hydrogens is 352 g/mol. The van der Waals surface area contributed by atoms with Crippen molar-refractivity contribution in [2.24, 2.45) is 11.8 Å². The average molecular weight is 391 g/mol. The van der Waals surface area contributed by atoms with Crippen molar-refractivity contribution < 1.29 is 14.3 Å². The molecule has 0 spiro atoms. The molecule has 1 saturated heterocycles. The second kappa shape index (κ2) is 10.8. The Balaban J connectivity index is 1.80. The molecule has 0 bridgehead atoms. The van der Waals surface area contributed by atoms with Crippen LogP contribution in [-0.4, -0.2) is 49.8 Å². The molecule has 2 rings (SSSR count). The molecule has 3 unspecified atom stereocenters. The first-order chi connectivity index (χ1) is 13.4. The van der Waals surface area contributed by atoms with Crippen molar-refractivity contribution in [2.75, 3.05) is 38.7 Å². The maximum absolute atomic E-state index is 12.6. The Kier molecular flexibility index (Phi) is 8.77. The number of unbranched alkanes of at least 4 members (excludes halogenated alkanes) is 1. The van der Waals surface area contributed by atoms with Crippen LogP contribution in [-0.2, 0) is 9.53 Å². The molecule has 1 heterocycles. The van der Waals surface area contributed by atoms with Crippen LogP contribution in [0.1, 0.15) is 53.4 Å². The Morgan fingerprint density at radius 2 is 1.86 bits per heavy atom. The summed E-state index contributed by atoms with van der Waals surface area (Å²) in [6.07, 6.45) is 4.03. The lowest BCUT2D eigenvalue weighted by atomic mass is 9.92. The molecule has 1 aliphatic rings. The van der Waals surface area contributed by atoms with Crippen molar-refractivity contribution >= 4 is 11.6 Å². The standard InChI is InChI=1S/C23H38N2O3/c1-6-7-12-23(4,27-5)22(26)24-20-8-10-21(11-9-20)28-14-13-25-16-18(2)15-19(3)17-25/h8-11,18-19H,6-7,12-17H2,1-5H3,(H,24,26). The monoisotopic (exact) mass is 390 g/mol. The van der Waals surface area contributed by atoms with Crippen LogP contribution >= 0.6 is 0 Å². The van der Waals surface area contributed by atoms with Crippen molar-refractivity contribution in [3.05, 3.63) is 24.3 Å². The molecule has 0 radical (unpaired) electrons. The highest BCUT2D eigenvalue weighted by Crippen LogP contribution is 2.23. The van der Waals surface area contributed by atoms with Gasteiger partial charge in [0.2, 0.25) is 0 Å². The van der Waals surface area contributed by atoms with Gasteiger partial charge >= 0.3 is 0 Å². The van der Waals surface area contributed by atoms with Crippen LogP contribution in [0.25, 0.3) is 0 Å². The number of nitrogens with one attached hydrogen (secondary N) is 1. The van der Waals surface area contributed by atoms with E-state index in [0.717, 1.165) is 55.7 Å². The van der Waals surface area contributed by atoms with Crippen LogP contribution in [0.5, 0.6) is 5.75 Å². The Morgan fingerprint density at radius 3 is 2.43 bits per heavy atom. The summed E-state index contributed by atoms with van der Waals surface area (Å²) in [5.74, 6) is 2.26. The second-order valence-corrected chi connectivity index (χ2v) is 8.57. The smallest absolute Gasteiger partial charge is 0.256 e. The molecule has 1 aromatic rings. The number of carbonyl (C=O) groups is 1. The van der Waals surface area contributed by atoms with E-state index in [1.54, 1.807) is 7.11 Å². The summed E-state index contributed by atoms with van der Waals surface area (Å²) in [6.45, 7) is 12.6. The number of hydrogen-bond acceptors (Lipinski definition) is 4. The van der Waals surface area contributed by atoms with E-state index in [2.05, 4.69) is 31.0 Å². The number of hydrogen-bond donors (Lipinski definition) is 1. The molecule has 1 aliphatic heterocycles. The Hall–Kier alpha value is -1.59. The van der Waals surface area contributed by atoms with E-state index in [9.17, 15) is 4.79 Å². The summed E-state index contributed by atoms with van der Waals surface area (Å²) in [5.41, 5.74) is -0.0377. The van der Waals surface area contributed by atoms with Gasteiger partial charge in [-0.15, -0.1) is 0 Å².